The third-order valence-electron chi connectivity index (χ3n) is 3.79. The predicted octanol–water partition coefficient (Wildman–Crippen LogP) is 3.64. The lowest BCUT2D eigenvalue weighted by Gasteiger charge is -2.15. The summed E-state index contributed by atoms with van der Waals surface area (Å²) in [6.45, 7) is 5.27. The van der Waals surface area contributed by atoms with Gasteiger partial charge in [-0.05, 0) is 37.6 Å². The number of rotatable bonds is 3. The highest BCUT2D eigenvalue weighted by atomic mass is 15.5. The van der Waals surface area contributed by atoms with Crippen LogP contribution in [-0.4, -0.2) is 17.2 Å². The molecule has 0 spiro atoms. The van der Waals surface area contributed by atoms with Crippen molar-refractivity contribution in [3.05, 3.63) is 59.9 Å². The van der Waals surface area contributed by atoms with E-state index >= 15 is 0 Å². The minimum absolute atomic E-state index is 0.473. The molecule has 0 fully saturated rings. The van der Waals surface area contributed by atoms with Gasteiger partial charge in [-0.15, -0.1) is 0 Å². The molecule has 20 heavy (non-hydrogen) atoms. The van der Waals surface area contributed by atoms with Crippen LogP contribution in [0.2, 0.25) is 0 Å². The van der Waals surface area contributed by atoms with Crippen LogP contribution < -0.4 is 5.01 Å². The van der Waals surface area contributed by atoms with E-state index in [-0.39, 0.29) is 0 Å². The van der Waals surface area contributed by atoms with Gasteiger partial charge < -0.3 is 0 Å². The molecule has 0 N–H and O–H groups in total. The number of aryl methyl sites for hydroxylation is 1. The van der Waals surface area contributed by atoms with Gasteiger partial charge in [0.05, 0.1) is 17.9 Å². The third kappa shape index (κ3) is 2.44. The Balaban J connectivity index is 1.92. The molecule has 1 aromatic carbocycles. The van der Waals surface area contributed by atoms with Crippen LogP contribution in [-0.2, 0) is 0 Å². The van der Waals surface area contributed by atoms with E-state index in [1.807, 2.05) is 12.3 Å². The molecule has 3 heteroatoms. The molecule has 2 aromatic rings. The Labute approximate surface area is 120 Å². The molecule has 1 aromatic heterocycles. The number of benzene rings is 1. The van der Waals surface area contributed by atoms with Crippen molar-refractivity contribution < 1.29 is 0 Å². The van der Waals surface area contributed by atoms with Gasteiger partial charge in [-0.2, -0.15) is 5.10 Å². The molecule has 0 aliphatic carbocycles. The molecule has 2 heterocycles. The van der Waals surface area contributed by atoms with Gasteiger partial charge in [0.25, 0.3) is 0 Å². The van der Waals surface area contributed by atoms with Crippen molar-refractivity contribution in [1.82, 2.24) is 4.98 Å². The van der Waals surface area contributed by atoms with E-state index in [9.17, 15) is 0 Å². The molecule has 1 aliphatic heterocycles. The van der Waals surface area contributed by atoms with Crippen molar-refractivity contribution in [1.29, 1.82) is 0 Å². The van der Waals surface area contributed by atoms with Crippen LogP contribution in [0.3, 0.4) is 0 Å². The Hall–Kier alpha value is -2.16. The Morgan fingerprint density at radius 1 is 1.20 bits per heavy atom. The van der Waals surface area contributed by atoms with E-state index in [4.69, 9.17) is 5.10 Å². The summed E-state index contributed by atoms with van der Waals surface area (Å²) in [5.41, 5.74) is 4.72. The molecule has 0 radical (unpaired) electrons. The van der Waals surface area contributed by atoms with Crippen molar-refractivity contribution in [3.8, 4) is 0 Å². The smallest absolute Gasteiger partial charge is 0.0746 e. The first-order chi connectivity index (χ1) is 9.78. The SMILES string of the molecule is CCC1CN(c2ccc(C)cc2)N=C1c1cccnc1. The summed E-state index contributed by atoms with van der Waals surface area (Å²) in [4.78, 5) is 4.21. The highest BCUT2D eigenvalue weighted by Gasteiger charge is 2.27. The lowest BCUT2D eigenvalue weighted by molar-refractivity contribution is 0.684. The minimum Gasteiger partial charge on any atom is -0.265 e. The second kappa shape index (κ2) is 5.45. The van der Waals surface area contributed by atoms with E-state index < -0.39 is 0 Å². The fraction of sp³-hybridized carbons (Fsp3) is 0.294. The molecular weight excluding hydrogens is 246 g/mol. The first kappa shape index (κ1) is 12.9. The number of hydrogen-bond donors (Lipinski definition) is 0. The van der Waals surface area contributed by atoms with Gasteiger partial charge in [-0.1, -0.05) is 24.6 Å². The third-order valence-corrected chi connectivity index (χ3v) is 3.79. The summed E-state index contributed by atoms with van der Waals surface area (Å²) in [5, 5.41) is 6.93. The molecule has 0 saturated carbocycles. The number of hydrogen-bond acceptors (Lipinski definition) is 3. The van der Waals surface area contributed by atoms with Gasteiger partial charge in [0.1, 0.15) is 0 Å². The second-order valence-corrected chi connectivity index (χ2v) is 5.25. The van der Waals surface area contributed by atoms with Gasteiger partial charge in [0, 0.05) is 23.9 Å². The van der Waals surface area contributed by atoms with Crippen LogP contribution in [0.25, 0.3) is 0 Å². The zero-order valence-electron chi connectivity index (χ0n) is 12.0. The van der Waals surface area contributed by atoms with Crippen LogP contribution in [0.5, 0.6) is 0 Å². The molecule has 3 nitrogen and oxygen atoms in total. The van der Waals surface area contributed by atoms with Crippen LogP contribution in [0, 0.1) is 12.8 Å². The molecule has 1 aliphatic rings. The van der Waals surface area contributed by atoms with Crippen molar-refractivity contribution in [2.45, 2.75) is 20.3 Å². The van der Waals surface area contributed by atoms with Crippen LogP contribution >= 0.6 is 0 Å². The Morgan fingerprint density at radius 2 is 2.00 bits per heavy atom. The molecule has 0 bridgehead atoms. The average molecular weight is 265 g/mol. The number of hydrazone groups is 1. The van der Waals surface area contributed by atoms with Crippen LogP contribution in [0.4, 0.5) is 5.69 Å². The zero-order valence-corrected chi connectivity index (χ0v) is 12.0. The fourth-order valence-corrected chi connectivity index (χ4v) is 2.56. The Morgan fingerprint density at radius 3 is 2.65 bits per heavy atom. The number of nitrogens with zero attached hydrogens (tertiary/aromatic N) is 3. The van der Waals surface area contributed by atoms with Crippen molar-refractivity contribution in [3.63, 3.8) is 0 Å². The summed E-state index contributed by atoms with van der Waals surface area (Å²) in [5.74, 6) is 0.473. The molecule has 102 valence electrons. The quantitative estimate of drug-likeness (QED) is 0.847. The number of pyridine rings is 1. The van der Waals surface area contributed by atoms with Crippen LogP contribution in [0.1, 0.15) is 24.5 Å². The standard InChI is InChI=1S/C17H19N3/c1-3-14-12-20(16-8-6-13(2)7-9-16)19-17(14)15-5-4-10-18-11-15/h4-11,14H,3,12H2,1-2H3. The summed E-state index contributed by atoms with van der Waals surface area (Å²) in [6.07, 6.45) is 4.80. The van der Waals surface area contributed by atoms with Crippen molar-refractivity contribution in [2.24, 2.45) is 11.0 Å². The van der Waals surface area contributed by atoms with Crippen molar-refractivity contribution >= 4 is 11.4 Å². The maximum Gasteiger partial charge on any atom is 0.0746 e. The summed E-state index contributed by atoms with van der Waals surface area (Å²) in [7, 11) is 0. The van der Waals surface area contributed by atoms with Gasteiger partial charge in [0.2, 0.25) is 0 Å². The summed E-state index contributed by atoms with van der Waals surface area (Å²) < 4.78 is 0. The average Bonchev–Trinajstić information content (AvgIpc) is 2.93. The molecule has 0 amide bonds. The van der Waals surface area contributed by atoms with Gasteiger partial charge >= 0.3 is 0 Å². The van der Waals surface area contributed by atoms with E-state index in [1.54, 1.807) is 6.20 Å². The first-order valence-electron chi connectivity index (χ1n) is 7.11. The molecular formula is C17H19N3. The number of aromatic nitrogens is 1. The van der Waals surface area contributed by atoms with Gasteiger partial charge in [0.15, 0.2) is 0 Å². The lowest BCUT2D eigenvalue weighted by Crippen LogP contribution is -2.19. The number of anilines is 1. The Bertz CT molecular complexity index is 602. The maximum atomic E-state index is 4.82. The monoisotopic (exact) mass is 265 g/mol. The maximum absolute atomic E-state index is 4.82. The van der Waals surface area contributed by atoms with Gasteiger partial charge in [-0.3, -0.25) is 9.99 Å². The van der Waals surface area contributed by atoms with Crippen LogP contribution in [0.15, 0.2) is 53.9 Å². The largest absolute Gasteiger partial charge is 0.265 e. The second-order valence-electron chi connectivity index (χ2n) is 5.25. The Kier molecular flexibility index (Phi) is 3.50. The fourth-order valence-electron chi connectivity index (χ4n) is 2.56. The highest BCUT2D eigenvalue weighted by Crippen LogP contribution is 2.26. The van der Waals surface area contributed by atoms with E-state index in [1.165, 1.54) is 5.56 Å². The van der Waals surface area contributed by atoms with Gasteiger partial charge in [-0.25, -0.2) is 0 Å². The van der Waals surface area contributed by atoms with Crippen molar-refractivity contribution in [2.75, 3.05) is 11.6 Å². The highest BCUT2D eigenvalue weighted by molar-refractivity contribution is 6.04. The normalized spacial score (nSPS) is 18.2. The summed E-state index contributed by atoms with van der Waals surface area (Å²) >= 11 is 0. The first-order valence-corrected chi connectivity index (χ1v) is 7.11. The predicted molar refractivity (Wildman–Crippen MR) is 83.1 cm³/mol. The lowest BCUT2D eigenvalue weighted by atomic mass is 9.96. The molecule has 0 saturated heterocycles. The van der Waals surface area contributed by atoms with E-state index in [0.29, 0.717) is 5.92 Å². The molecule has 1 atom stereocenters. The van der Waals surface area contributed by atoms with E-state index in [2.05, 4.69) is 54.2 Å². The molecule has 3 rings (SSSR count). The molecule has 1 unspecified atom stereocenters. The topological polar surface area (TPSA) is 28.5 Å². The zero-order chi connectivity index (χ0) is 13.9. The minimum atomic E-state index is 0.473. The van der Waals surface area contributed by atoms with E-state index in [0.717, 1.165) is 29.9 Å². The summed E-state index contributed by atoms with van der Waals surface area (Å²) in [6, 6.07) is 12.6.